The van der Waals surface area contributed by atoms with Crippen LogP contribution in [-0.2, 0) is 19.7 Å². The molecule has 0 bridgehead atoms. The quantitative estimate of drug-likeness (QED) is 0.429. The van der Waals surface area contributed by atoms with Gasteiger partial charge in [0, 0.05) is 0 Å². The van der Waals surface area contributed by atoms with Gasteiger partial charge in [-0.25, -0.2) is 16.8 Å². The van der Waals surface area contributed by atoms with Gasteiger partial charge in [-0.2, -0.15) is 0 Å². The standard InChI is InChI=1S/C9H18O8S2/c1-5(10)6(11)7(12)8(13)9-18(14,15)3-2-4-19(9,16)17/h5-13H,2-4H2,1H3/t5-,6-,7+,8+/m0/s1. The third-order valence-electron chi connectivity index (χ3n) is 3.04. The van der Waals surface area contributed by atoms with E-state index < -0.39 is 60.2 Å². The van der Waals surface area contributed by atoms with Crippen LogP contribution in [-0.4, -0.2) is 77.8 Å². The van der Waals surface area contributed by atoms with E-state index in [9.17, 15) is 32.2 Å². The first-order valence-corrected chi connectivity index (χ1v) is 9.09. The van der Waals surface area contributed by atoms with E-state index in [4.69, 9.17) is 5.11 Å². The van der Waals surface area contributed by atoms with Gasteiger partial charge in [0.25, 0.3) is 0 Å². The Morgan fingerprint density at radius 3 is 1.68 bits per heavy atom. The first-order valence-electron chi connectivity index (χ1n) is 5.66. The van der Waals surface area contributed by atoms with Crippen LogP contribution in [0.25, 0.3) is 0 Å². The molecule has 1 fully saturated rings. The fourth-order valence-corrected chi connectivity index (χ4v) is 7.27. The first kappa shape index (κ1) is 16.8. The highest BCUT2D eigenvalue weighted by molar-refractivity contribution is 8.09. The molecule has 1 aliphatic rings. The molecule has 1 rings (SSSR count). The molecule has 1 aliphatic heterocycles. The topological polar surface area (TPSA) is 149 Å². The van der Waals surface area contributed by atoms with E-state index in [-0.39, 0.29) is 6.42 Å². The summed E-state index contributed by atoms with van der Waals surface area (Å²) in [5.74, 6) is -0.823. The average Bonchev–Trinajstić information content (AvgIpc) is 2.24. The molecule has 19 heavy (non-hydrogen) atoms. The lowest BCUT2D eigenvalue weighted by atomic mass is 10.1. The average molecular weight is 318 g/mol. The largest absolute Gasteiger partial charge is 0.391 e. The van der Waals surface area contributed by atoms with Crippen molar-refractivity contribution in [3.05, 3.63) is 0 Å². The smallest absolute Gasteiger partial charge is 0.191 e. The lowest BCUT2D eigenvalue weighted by molar-refractivity contribution is -0.0961. The van der Waals surface area contributed by atoms with Gasteiger partial charge in [-0.15, -0.1) is 0 Å². The first-order chi connectivity index (χ1) is 8.50. The number of rotatable bonds is 4. The van der Waals surface area contributed by atoms with Crippen molar-refractivity contribution in [1.29, 1.82) is 0 Å². The summed E-state index contributed by atoms with van der Waals surface area (Å²) in [5, 5.41) is 37.8. The molecule has 0 aromatic heterocycles. The van der Waals surface area contributed by atoms with Crippen molar-refractivity contribution in [3.63, 3.8) is 0 Å². The SMILES string of the molecule is C[C@H](O)[C@H](O)[C@@H](O)[C@@H](O)C1S(=O)(=O)CCCS1(=O)=O. The summed E-state index contributed by atoms with van der Waals surface area (Å²) in [5.41, 5.74) is 0. The molecule has 1 heterocycles. The van der Waals surface area contributed by atoms with Gasteiger partial charge in [-0.3, -0.25) is 0 Å². The van der Waals surface area contributed by atoms with Crippen LogP contribution < -0.4 is 0 Å². The number of aliphatic hydroxyl groups excluding tert-OH is 4. The molecule has 10 heteroatoms. The summed E-state index contributed by atoms with van der Waals surface area (Å²) in [6.07, 6.45) is -7.64. The van der Waals surface area contributed by atoms with Crippen LogP contribution in [0.3, 0.4) is 0 Å². The highest BCUT2D eigenvalue weighted by Gasteiger charge is 2.49. The monoisotopic (exact) mass is 318 g/mol. The maximum absolute atomic E-state index is 11.7. The molecular weight excluding hydrogens is 300 g/mol. The molecule has 0 aromatic carbocycles. The zero-order valence-electron chi connectivity index (χ0n) is 10.2. The Balaban J connectivity index is 3.11. The van der Waals surface area contributed by atoms with E-state index in [2.05, 4.69) is 0 Å². The Kier molecular flexibility index (Phi) is 4.97. The molecule has 0 aliphatic carbocycles. The second-order valence-corrected chi connectivity index (χ2v) is 9.45. The van der Waals surface area contributed by atoms with Gasteiger partial charge < -0.3 is 20.4 Å². The Morgan fingerprint density at radius 1 is 0.895 bits per heavy atom. The van der Waals surface area contributed by atoms with Gasteiger partial charge in [-0.1, -0.05) is 0 Å². The van der Waals surface area contributed by atoms with Gasteiger partial charge in [0.05, 0.1) is 17.6 Å². The summed E-state index contributed by atoms with van der Waals surface area (Å²) in [6, 6.07) is 0. The molecule has 4 atom stereocenters. The van der Waals surface area contributed by atoms with E-state index in [1.165, 1.54) is 0 Å². The van der Waals surface area contributed by atoms with Gasteiger partial charge in [0.2, 0.25) is 0 Å². The molecular formula is C9H18O8S2. The van der Waals surface area contributed by atoms with Gasteiger partial charge in [0.1, 0.15) is 18.3 Å². The van der Waals surface area contributed by atoms with Crippen molar-refractivity contribution in [2.24, 2.45) is 0 Å². The third kappa shape index (κ3) is 3.44. The predicted octanol–water partition coefficient (Wildman–Crippen LogP) is -2.99. The summed E-state index contributed by atoms with van der Waals surface area (Å²) >= 11 is 0. The fourth-order valence-electron chi connectivity index (χ4n) is 1.99. The lowest BCUT2D eigenvalue weighted by Crippen LogP contribution is -2.55. The highest BCUT2D eigenvalue weighted by atomic mass is 32.3. The third-order valence-corrected chi connectivity index (χ3v) is 8.49. The van der Waals surface area contributed by atoms with Gasteiger partial charge in [-0.05, 0) is 13.3 Å². The summed E-state index contributed by atoms with van der Waals surface area (Å²) in [7, 11) is -8.25. The maximum Gasteiger partial charge on any atom is 0.191 e. The minimum Gasteiger partial charge on any atom is -0.391 e. The molecule has 0 amide bonds. The van der Waals surface area contributed by atoms with Crippen molar-refractivity contribution >= 4 is 19.7 Å². The number of hydrogen-bond acceptors (Lipinski definition) is 8. The van der Waals surface area contributed by atoms with Crippen molar-refractivity contribution in [2.45, 2.75) is 42.3 Å². The fraction of sp³-hybridized carbons (Fsp3) is 1.00. The summed E-state index contributed by atoms with van der Waals surface area (Å²) in [4.78, 5) is 0. The Hall–Kier alpha value is -0.260. The lowest BCUT2D eigenvalue weighted by Gasteiger charge is -2.31. The van der Waals surface area contributed by atoms with E-state index in [1.54, 1.807) is 0 Å². The Labute approximate surface area is 111 Å². The van der Waals surface area contributed by atoms with Crippen LogP contribution in [0.2, 0.25) is 0 Å². The molecule has 0 radical (unpaired) electrons. The van der Waals surface area contributed by atoms with E-state index in [0.29, 0.717) is 0 Å². The molecule has 8 nitrogen and oxygen atoms in total. The minimum atomic E-state index is -4.13. The normalized spacial score (nSPS) is 29.3. The zero-order chi connectivity index (χ0) is 15.0. The van der Waals surface area contributed by atoms with Crippen molar-refractivity contribution in [1.82, 2.24) is 0 Å². The molecule has 1 saturated heterocycles. The van der Waals surface area contributed by atoms with Crippen molar-refractivity contribution in [2.75, 3.05) is 11.5 Å². The molecule has 0 unspecified atom stereocenters. The number of hydrogen-bond donors (Lipinski definition) is 4. The van der Waals surface area contributed by atoms with Crippen LogP contribution in [0, 0.1) is 0 Å². The number of aliphatic hydroxyl groups is 4. The van der Waals surface area contributed by atoms with Crippen LogP contribution in [0.5, 0.6) is 0 Å². The Bertz CT molecular complexity index is 474. The molecule has 0 aromatic rings. The highest BCUT2D eigenvalue weighted by Crippen LogP contribution is 2.25. The summed E-state index contributed by atoms with van der Waals surface area (Å²) in [6.45, 7) is 1.12. The van der Waals surface area contributed by atoms with Crippen LogP contribution in [0.15, 0.2) is 0 Å². The van der Waals surface area contributed by atoms with Crippen LogP contribution in [0.1, 0.15) is 13.3 Å². The second-order valence-electron chi connectivity index (χ2n) is 4.67. The van der Waals surface area contributed by atoms with Crippen LogP contribution in [0.4, 0.5) is 0 Å². The van der Waals surface area contributed by atoms with Crippen LogP contribution >= 0.6 is 0 Å². The molecule has 0 spiro atoms. The second kappa shape index (κ2) is 5.62. The van der Waals surface area contributed by atoms with Gasteiger partial charge in [0.15, 0.2) is 24.3 Å². The van der Waals surface area contributed by atoms with E-state index >= 15 is 0 Å². The maximum atomic E-state index is 11.7. The van der Waals surface area contributed by atoms with Crippen molar-refractivity contribution < 1.29 is 37.3 Å². The van der Waals surface area contributed by atoms with E-state index in [1.807, 2.05) is 0 Å². The predicted molar refractivity (Wildman–Crippen MR) is 65.7 cm³/mol. The van der Waals surface area contributed by atoms with Crippen molar-refractivity contribution in [3.8, 4) is 0 Å². The summed E-state index contributed by atoms with van der Waals surface area (Å²) < 4.78 is 44.8. The van der Waals surface area contributed by atoms with E-state index in [0.717, 1.165) is 6.92 Å². The molecule has 114 valence electrons. The minimum absolute atomic E-state index is 0.0665. The zero-order valence-corrected chi connectivity index (χ0v) is 11.9. The number of sulfone groups is 2. The molecule has 0 saturated carbocycles. The van der Waals surface area contributed by atoms with Gasteiger partial charge >= 0.3 is 0 Å². The Morgan fingerprint density at radius 2 is 1.32 bits per heavy atom. The molecule has 4 N–H and O–H groups in total.